The third-order valence-electron chi connectivity index (χ3n) is 6.24. The Morgan fingerprint density at radius 1 is 0.848 bits per heavy atom. The van der Waals surface area contributed by atoms with E-state index in [1.165, 1.54) is 4.31 Å². The largest absolute Gasteiger partial charge is 0.324 e. The van der Waals surface area contributed by atoms with Crippen LogP contribution < -0.4 is 5.32 Å². The summed E-state index contributed by atoms with van der Waals surface area (Å²) in [5.74, 6) is -0.330. The molecule has 6 heteroatoms. The molecule has 0 spiro atoms. The van der Waals surface area contributed by atoms with Crippen LogP contribution in [-0.2, 0) is 27.8 Å². The van der Waals surface area contributed by atoms with Gasteiger partial charge in [-0.2, -0.15) is 4.31 Å². The van der Waals surface area contributed by atoms with E-state index in [4.69, 9.17) is 0 Å². The molecule has 0 bridgehead atoms. The van der Waals surface area contributed by atoms with Gasteiger partial charge in [0.05, 0.1) is 4.90 Å². The fourth-order valence-corrected chi connectivity index (χ4v) is 5.97. The lowest BCUT2D eigenvalue weighted by molar-refractivity contribution is -0.120. The Balaban J connectivity index is 1.55. The first-order chi connectivity index (χ1) is 15.9. The first kappa shape index (κ1) is 21.4. The molecule has 0 saturated carbocycles. The van der Waals surface area contributed by atoms with Gasteiger partial charge in [0.2, 0.25) is 15.9 Å². The minimum Gasteiger partial charge on any atom is -0.324 e. The molecule has 0 fully saturated rings. The van der Waals surface area contributed by atoms with Gasteiger partial charge in [-0.15, -0.1) is 0 Å². The number of anilines is 1. The molecular weight excluding hydrogens is 432 g/mol. The highest BCUT2D eigenvalue weighted by molar-refractivity contribution is 7.89. The van der Waals surface area contributed by atoms with Gasteiger partial charge in [-0.25, -0.2) is 8.42 Å². The summed E-state index contributed by atoms with van der Waals surface area (Å²) >= 11 is 0. The molecule has 5 rings (SSSR count). The summed E-state index contributed by atoms with van der Waals surface area (Å²) in [6.07, 6.45) is 0.320. The second-order valence-electron chi connectivity index (χ2n) is 8.35. The Morgan fingerprint density at radius 2 is 1.52 bits per heavy atom. The molecule has 0 aromatic heterocycles. The molecular formula is C27H24N2O3S. The maximum absolute atomic E-state index is 13.8. The van der Waals surface area contributed by atoms with Crippen molar-refractivity contribution < 1.29 is 13.2 Å². The van der Waals surface area contributed by atoms with Gasteiger partial charge in [-0.3, -0.25) is 4.79 Å². The fraction of sp³-hybridized carbons (Fsp3) is 0.148. The van der Waals surface area contributed by atoms with E-state index >= 15 is 0 Å². The summed E-state index contributed by atoms with van der Waals surface area (Å²) in [5, 5.41) is 4.76. The van der Waals surface area contributed by atoms with Crippen molar-refractivity contribution in [3.8, 4) is 0 Å². The minimum absolute atomic E-state index is 0.150. The zero-order chi connectivity index (χ0) is 23.0. The van der Waals surface area contributed by atoms with Crippen LogP contribution in [0, 0.1) is 6.92 Å². The SMILES string of the molecule is Cc1ccccc1NC(=O)[C@@H]1Cc2ccccc2CN1S(=O)(=O)c1ccc2ccccc2c1. The van der Waals surface area contributed by atoms with Crippen molar-refractivity contribution in [2.45, 2.75) is 30.8 Å². The Morgan fingerprint density at radius 3 is 2.30 bits per heavy atom. The lowest BCUT2D eigenvalue weighted by Gasteiger charge is -2.35. The molecule has 5 nitrogen and oxygen atoms in total. The van der Waals surface area contributed by atoms with Crippen LogP contribution in [0.1, 0.15) is 16.7 Å². The maximum Gasteiger partial charge on any atom is 0.244 e. The van der Waals surface area contributed by atoms with E-state index < -0.39 is 16.1 Å². The van der Waals surface area contributed by atoms with Crippen LogP contribution in [0.3, 0.4) is 0 Å². The number of carbonyl (C=O) groups is 1. The highest BCUT2D eigenvalue weighted by Gasteiger charge is 2.39. The third kappa shape index (κ3) is 4.03. The average molecular weight is 457 g/mol. The average Bonchev–Trinajstić information content (AvgIpc) is 2.84. The van der Waals surface area contributed by atoms with Gasteiger partial charge in [-0.1, -0.05) is 72.8 Å². The number of rotatable bonds is 4. The molecule has 1 aliphatic heterocycles. The van der Waals surface area contributed by atoms with E-state index in [-0.39, 0.29) is 17.3 Å². The molecule has 0 unspecified atom stereocenters. The number of hydrogen-bond donors (Lipinski definition) is 1. The number of benzene rings is 4. The topological polar surface area (TPSA) is 66.5 Å². The lowest BCUT2D eigenvalue weighted by atomic mass is 9.95. The molecule has 1 amide bonds. The highest BCUT2D eigenvalue weighted by Crippen LogP contribution is 2.31. The van der Waals surface area contributed by atoms with Crippen molar-refractivity contribution >= 4 is 32.4 Å². The summed E-state index contributed by atoms with van der Waals surface area (Å²) in [4.78, 5) is 13.6. The first-order valence-corrected chi connectivity index (χ1v) is 12.3. The Labute approximate surface area is 193 Å². The van der Waals surface area contributed by atoms with Crippen molar-refractivity contribution in [2.24, 2.45) is 0 Å². The van der Waals surface area contributed by atoms with E-state index in [9.17, 15) is 13.2 Å². The monoisotopic (exact) mass is 456 g/mol. The fourth-order valence-electron chi connectivity index (χ4n) is 4.37. The number of nitrogens with zero attached hydrogens (tertiary/aromatic N) is 1. The van der Waals surface area contributed by atoms with Gasteiger partial charge in [0, 0.05) is 12.2 Å². The quantitative estimate of drug-likeness (QED) is 0.475. The Hall–Kier alpha value is -3.48. The zero-order valence-corrected chi connectivity index (χ0v) is 19.0. The number of amides is 1. The normalized spacial score (nSPS) is 16.3. The van der Waals surface area contributed by atoms with Gasteiger partial charge in [-0.05, 0) is 59.0 Å². The number of aryl methyl sites for hydroxylation is 1. The van der Waals surface area contributed by atoms with E-state index in [2.05, 4.69) is 5.32 Å². The Kier molecular flexibility index (Phi) is 5.48. The van der Waals surface area contributed by atoms with Gasteiger partial charge in [0.15, 0.2) is 0 Å². The standard InChI is InChI=1S/C27H24N2O3S/c1-19-8-2-7-13-25(19)28-27(30)26-17-22-11-5-6-12-23(22)18-29(26)33(31,32)24-15-14-20-9-3-4-10-21(20)16-24/h2-16,26H,17-18H2,1H3,(H,28,30)/t26-/m0/s1. The molecule has 166 valence electrons. The van der Waals surface area contributed by atoms with E-state index in [1.54, 1.807) is 12.1 Å². The van der Waals surface area contributed by atoms with Crippen LogP contribution >= 0.6 is 0 Å². The van der Waals surface area contributed by atoms with Crippen LogP contribution in [0.2, 0.25) is 0 Å². The second-order valence-corrected chi connectivity index (χ2v) is 10.2. The number of hydrogen-bond acceptors (Lipinski definition) is 3. The smallest absolute Gasteiger partial charge is 0.244 e. The summed E-state index contributed by atoms with van der Waals surface area (Å²) in [7, 11) is -3.92. The molecule has 1 aliphatic rings. The number of nitrogens with one attached hydrogen (secondary N) is 1. The minimum atomic E-state index is -3.92. The van der Waals surface area contributed by atoms with Crippen LogP contribution in [0.5, 0.6) is 0 Å². The maximum atomic E-state index is 13.8. The van der Waals surface area contributed by atoms with Gasteiger partial charge < -0.3 is 5.32 Å². The third-order valence-corrected chi connectivity index (χ3v) is 8.09. The summed E-state index contributed by atoms with van der Waals surface area (Å²) < 4.78 is 29.0. The van der Waals surface area contributed by atoms with Gasteiger partial charge >= 0.3 is 0 Å². The highest BCUT2D eigenvalue weighted by atomic mass is 32.2. The molecule has 1 N–H and O–H groups in total. The Bertz CT molecular complexity index is 1460. The summed E-state index contributed by atoms with van der Waals surface area (Å²) in [6, 6.07) is 27.1. The first-order valence-electron chi connectivity index (χ1n) is 10.9. The van der Waals surface area contributed by atoms with Crippen LogP contribution in [0.25, 0.3) is 10.8 Å². The molecule has 0 aliphatic carbocycles. The summed E-state index contributed by atoms with van der Waals surface area (Å²) in [5.41, 5.74) is 3.52. The van der Waals surface area contributed by atoms with E-state index in [1.807, 2.05) is 85.8 Å². The van der Waals surface area contributed by atoms with Crippen molar-refractivity contribution in [1.29, 1.82) is 0 Å². The number of para-hydroxylation sites is 1. The zero-order valence-electron chi connectivity index (χ0n) is 18.2. The number of fused-ring (bicyclic) bond motifs is 2. The molecule has 0 saturated heterocycles. The van der Waals surface area contributed by atoms with Crippen molar-refractivity contribution in [1.82, 2.24) is 4.31 Å². The van der Waals surface area contributed by atoms with Crippen molar-refractivity contribution in [2.75, 3.05) is 5.32 Å². The van der Waals surface area contributed by atoms with Gasteiger partial charge in [0.25, 0.3) is 0 Å². The van der Waals surface area contributed by atoms with Crippen LogP contribution in [0.15, 0.2) is 95.9 Å². The summed E-state index contributed by atoms with van der Waals surface area (Å²) in [6.45, 7) is 2.06. The lowest BCUT2D eigenvalue weighted by Crippen LogP contribution is -2.50. The molecule has 1 atom stereocenters. The van der Waals surface area contributed by atoms with Crippen LogP contribution in [-0.4, -0.2) is 24.7 Å². The van der Waals surface area contributed by atoms with E-state index in [0.717, 1.165) is 27.5 Å². The van der Waals surface area contributed by atoms with Crippen LogP contribution in [0.4, 0.5) is 5.69 Å². The number of carbonyl (C=O) groups excluding carboxylic acids is 1. The molecule has 33 heavy (non-hydrogen) atoms. The predicted molar refractivity (Wildman–Crippen MR) is 130 cm³/mol. The second kappa shape index (κ2) is 8.46. The molecule has 4 aromatic carbocycles. The van der Waals surface area contributed by atoms with Crippen molar-refractivity contribution in [3.05, 3.63) is 108 Å². The van der Waals surface area contributed by atoms with Crippen molar-refractivity contribution in [3.63, 3.8) is 0 Å². The number of sulfonamides is 1. The molecule has 4 aromatic rings. The molecule has 1 heterocycles. The van der Waals surface area contributed by atoms with Gasteiger partial charge in [0.1, 0.15) is 6.04 Å². The molecule has 0 radical (unpaired) electrons. The van der Waals surface area contributed by atoms with E-state index in [0.29, 0.717) is 12.1 Å². The predicted octanol–water partition coefficient (Wildman–Crippen LogP) is 4.90.